The fraction of sp³-hybridized carbons (Fsp3) is 0.588. The van der Waals surface area contributed by atoms with Crippen LogP contribution in [-0.2, 0) is 10.8 Å². The molecule has 0 heterocycles. The maximum absolute atomic E-state index is 11.3. The molecule has 2 nitrogen and oxygen atoms in total. The van der Waals surface area contributed by atoms with E-state index in [1.54, 1.807) is 0 Å². The molecule has 0 aliphatic heterocycles. The molecule has 0 radical (unpaired) electrons. The monoisotopic (exact) mass is 260 g/mol. The molecular formula is C17H24O2. The number of rotatable bonds is 1. The molecule has 1 aliphatic carbocycles. The summed E-state index contributed by atoms with van der Waals surface area (Å²) in [5.74, 6) is -0.238. The van der Waals surface area contributed by atoms with Crippen LogP contribution in [0.3, 0.4) is 0 Å². The van der Waals surface area contributed by atoms with E-state index >= 15 is 0 Å². The summed E-state index contributed by atoms with van der Waals surface area (Å²) >= 11 is 0. The van der Waals surface area contributed by atoms with Crippen LogP contribution in [0.5, 0.6) is 0 Å². The highest BCUT2D eigenvalue weighted by molar-refractivity contribution is 5.90. The minimum atomic E-state index is -0.826. The minimum absolute atomic E-state index is 0.0438. The molecule has 104 valence electrons. The van der Waals surface area contributed by atoms with Crippen molar-refractivity contribution in [3.63, 3.8) is 0 Å². The van der Waals surface area contributed by atoms with Gasteiger partial charge in [-0.2, -0.15) is 0 Å². The number of carbonyl (C=O) groups is 1. The third-order valence-corrected chi connectivity index (χ3v) is 5.07. The first kappa shape index (κ1) is 14.1. The molecule has 1 aromatic carbocycles. The van der Waals surface area contributed by atoms with E-state index in [-0.39, 0.29) is 10.8 Å². The average Bonchev–Trinajstić information content (AvgIpc) is 2.25. The Labute approximate surface area is 115 Å². The lowest BCUT2D eigenvalue weighted by Crippen LogP contribution is -2.40. The van der Waals surface area contributed by atoms with Gasteiger partial charge in [-0.15, -0.1) is 0 Å². The summed E-state index contributed by atoms with van der Waals surface area (Å²) in [5, 5.41) is 9.32. The predicted octanol–water partition coefficient (Wildman–Crippen LogP) is 4.29. The molecule has 1 aromatic rings. The van der Waals surface area contributed by atoms with Crippen LogP contribution in [0.25, 0.3) is 0 Å². The zero-order chi connectivity index (χ0) is 14.6. The summed E-state index contributed by atoms with van der Waals surface area (Å²) in [5.41, 5.74) is 3.98. The second-order valence-corrected chi connectivity index (χ2v) is 7.23. The molecule has 19 heavy (non-hydrogen) atoms. The first-order valence-corrected chi connectivity index (χ1v) is 6.96. The van der Waals surface area contributed by atoms with Gasteiger partial charge in [-0.3, -0.25) is 0 Å². The number of carboxylic acids is 1. The van der Waals surface area contributed by atoms with Crippen molar-refractivity contribution in [3.05, 3.63) is 34.4 Å². The molecule has 0 fully saturated rings. The van der Waals surface area contributed by atoms with Gasteiger partial charge in [-0.25, -0.2) is 4.79 Å². The van der Waals surface area contributed by atoms with E-state index in [4.69, 9.17) is 0 Å². The lowest BCUT2D eigenvalue weighted by molar-refractivity contribution is 0.0695. The van der Waals surface area contributed by atoms with Gasteiger partial charge in [-0.1, -0.05) is 40.7 Å². The van der Waals surface area contributed by atoms with Gasteiger partial charge in [0.1, 0.15) is 0 Å². The molecule has 0 bridgehead atoms. The van der Waals surface area contributed by atoms with E-state index in [0.29, 0.717) is 11.5 Å². The fourth-order valence-electron chi connectivity index (χ4n) is 3.43. The number of benzene rings is 1. The Hall–Kier alpha value is -1.31. The fourth-order valence-corrected chi connectivity index (χ4v) is 3.43. The first-order chi connectivity index (χ1) is 8.57. The first-order valence-electron chi connectivity index (χ1n) is 6.96. The summed E-state index contributed by atoms with van der Waals surface area (Å²) in [6.45, 7) is 13.2. The van der Waals surface area contributed by atoms with Crippen molar-refractivity contribution >= 4 is 5.97 Å². The number of hydrogen-bond donors (Lipinski definition) is 1. The van der Waals surface area contributed by atoms with Crippen LogP contribution in [0.1, 0.15) is 68.1 Å². The molecule has 1 atom stereocenters. The maximum atomic E-state index is 11.3. The topological polar surface area (TPSA) is 37.3 Å². The molecule has 2 heteroatoms. The van der Waals surface area contributed by atoms with Crippen molar-refractivity contribution < 1.29 is 9.90 Å². The zero-order valence-electron chi connectivity index (χ0n) is 12.8. The van der Waals surface area contributed by atoms with E-state index in [0.717, 1.165) is 12.0 Å². The van der Waals surface area contributed by atoms with E-state index in [9.17, 15) is 9.90 Å². The summed E-state index contributed by atoms with van der Waals surface area (Å²) < 4.78 is 0. The zero-order valence-corrected chi connectivity index (χ0v) is 12.8. The normalized spacial score (nSPS) is 23.8. The molecule has 0 aromatic heterocycles. The van der Waals surface area contributed by atoms with Gasteiger partial charge in [0.2, 0.25) is 0 Å². The van der Waals surface area contributed by atoms with Gasteiger partial charge >= 0.3 is 5.97 Å². The van der Waals surface area contributed by atoms with Gasteiger partial charge in [0.15, 0.2) is 0 Å². The van der Waals surface area contributed by atoms with Gasteiger partial charge in [0.25, 0.3) is 0 Å². The second kappa shape index (κ2) is 4.09. The maximum Gasteiger partial charge on any atom is 0.335 e. The molecule has 0 amide bonds. The molecule has 1 unspecified atom stereocenters. The number of fused-ring (bicyclic) bond motifs is 1. The molecule has 0 saturated heterocycles. The quantitative estimate of drug-likeness (QED) is 0.818. The van der Waals surface area contributed by atoms with Crippen molar-refractivity contribution in [1.82, 2.24) is 0 Å². The Morgan fingerprint density at radius 3 is 2.32 bits per heavy atom. The Bertz CT molecular complexity index is 538. The van der Waals surface area contributed by atoms with Gasteiger partial charge < -0.3 is 5.11 Å². The van der Waals surface area contributed by atoms with Crippen LogP contribution in [0.15, 0.2) is 12.1 Å². The highest BCUT2D eigenvalue weighted by atomic mass is 16.4. The summed E-state index contributed by atoms with van der Waals surface area (Å²) in [6.07, 6.45) is 1.09. The smallest absolute Gasteiger partial charge is 0.335 e. The molecule has 0 saturated carbocycles. The van der Waals surface area contributed by atoms with E-state index < -0.39 is 5.97 Å². The number of hydrogen-bond acceptors (Lipinski definition) is 1. The van der Waals surface area contributed by atoms with Crippen LogP contribution in [-0.4, -0.2) is 11.1 Å². The lowest BCUT2D eigenvalue weighted by Gasteiger charge is -2.46. The predicted molar refractivity (Wildman–Crippen MR) is 78.0 cm³/mol. The van der Waals surface area contributed by atoms with E-state index in [1.807, 2.05) is 13.0 Å². The second-order valence-electron chi connectivity index (χ2n) is 7.23. The number of aryl methyl sites for hydroxylation is 1. The van der Waals surface area contributed by atoms with Crippen LogP contribution in [0.4, 0.5) is 0 Å². The average molecular weight is 260 g/mol. The third kappa shape index (κ3) is 2.07. The summed E-state index contributed by atoms with van der Waals surface area (Å²) in [7, 11) is 0. The summed E-state index contributed by atoms with van der Waals surface area (Å²) in [6, 6.07) is 4.00. The lowest BCUT2D eigenvalue weighted by atomic mass is 9.58. The SMILES string of the molecule is Cc1cc2c(cc1C(=O)O)C(C)(C)CC(C)C2(C)C. The standard InChI is InChI=1S/C17H24O2/c1-10-7-14-13(8-12(10)15(18)19)16(3,4)9-11(2)17(14,5)6/h7-8,11H,9H2,1-6H3,(H,18,19). The number of aromatic carboxylic acids is 1. The van der Waals surface area contributed by atoms with Gasteiger partial charge in [-0.05, 0) is 52.8 Å². The van der Waals surface area contributed by atoms with E-state index in [2.05, 4.69) is 40.7 Å². The van der Waals surface area contributed by atoms with Crippen molar-refractivity contribution in [3.8, 4) is 0 Å². The minimum Gasteiger partial charge on any atom is -0.478 e. The summed E-state index contributed by atoms with van der Waals surface area (Å²) in [4.78, 5) is 11.3. The highest BCUT2D eigenvalue weighted by Crippen LogP contribution is 2.49. The molecule has 2 rings (SSSR count). The Morgan fingerprint density at radius 1 is 1.21 bits per heavy atom. The van der Waals surface area contributed by atoms with Crippen molar-refractivity contribution in [2.75, 3.05) is 0 Å². The van der Waals surface area contributed by atoms with Crippen molar-refractivity contribution in [1.29, 1.82) is 0 Å². The molecule has 0 spiro atoms. The Kier molecular flexibility index (Phi) is 3.04. The Morgan fingerprint density at radius 2 is 1.79 bits per heavy atom. The van der Waals surface area contributed by atoms with Crippen LogP contribution in [0, 0.1) is 12.8 Å². The van der Waals surface area contributed by atoms with E-state index in [1.165, 1.54) is 11.1 Å². The van der Waals surface area contributed by atoms with Crippen molar-refractivity contribution in [2.45, 2.75) is 58.8 Å². The molecule has 1 N–H and O–H groups in total. The van der Waals surface area contributed by atoms with Crippen LogP contribution in [0.2, 0.25) is 0 Å². The van der Waals surface area contributed by atoms with Crippen LogP contribution < -0.4 is 0 Å². The van der Waals surface area contributed by atoms with Crippen molar-refractivity contribution in [2.24, 2.45) is 5.92 Å². The molecule has 1 aliphatic rings. The third-order valence-electron chi connectivity index (χ3n) is 5.07. The van der Waals surface area contributed by atoms with Gasteiger partial charge in [0, 0.05) is 0 Å². The Balaban J connectivity index is 2.75. The van der Waals surface area contributed by atoms with Crippen LogP contribution >= 0.6 is 0 Å². The largest absolute Gasteiger partial charge is 0.478 e. The van der Waals surface area contributed by atoms with Gasteiger partial charge in [0.05, 0.1) is 5.56 Å². The molecular weight excluding hydrogens is 236 g/mol. The number of carboxylic acid groups (broad SMARTS) is 1. The highest BCUT2D eigenvalue weighted by Gasteiger charge is 2.42.